The van der Waals surface area contributed by atoms with Crippen molar-refractivity contribution in [2.75, 3.05) is 6.54 Å². The molecule has 3 nitrogen and oxygen atoms in total. The lowest BCUT2D eigenvalue weighted by molar-refractivity contribution is 0.375. The zero-order valence-electron chi connectivity index (χ0n) is 8.70. The number of hydrogen-bond acceptors (Lipinski definition) is 2. The fourth-order valence-electron chi connectivity index (χ4n) is 1.63. The van der Waals surface area contributed by atoms with E-state index in [1.807, 2.05) is 12.4 Å². The fourth-order valence-corrected chi connectivity index (χ4v) is 1.63. The van der Waals surface area contributed by atoms with Gasteiger partial charge < -0.3 is 10.3 Å². The molecule has 0 aliphatic carbocycles. The van der Waals surface area contributed by atoms with Crippen molar-refractivity contribution in [1.29, 1.82) is 0 Å². The normalized spacial score (nSPS) is 13.6. The molecule has 2 N–H and O–H groups in total. The van der Waals surface area contributed by atoms with Crippen molar-refractivity contribution in [2.45, 2.75) is 33.2 Å². The van der Waals surface area contributed by atoms with Gasteiger partial charge in [0.1, 0.15) is 5.82 Å². The summed E-state index contributed by atoms with van der Waals surface area (Å²) in [6.45, 7) is 7.18. The Kier molecular flexibility index (Phi) is 3.48. The number of aryl methyl sites for hydroxylation is 1. The average molecular weight is 181 g/mol. The number of imidazole rings is 1. The first-order chi connectivity index (χ1) is 6.20. The third-order valence-corrected chi connectivity index (χ3v) is 2.43. The monoisotopic (exact) mass is 181 g/mol. The Morgan fingerprint density at radius 3 is 2.69 bits per heavy atom. The Labute approximate surface area is 80.0 Å². The van der Waals surface area contributed by atoms with Crippen LogP contribution in [0.2, 0.25) is 0 Å². The third-order valence-electron chi connectivity index (χ3n) is 2.43. The predicted molar refractivity (Wildman–Crippen MR) is 54.5 cm³/mol. The van der Waals surface area contributed by atoms with Gasteiger partial charge in [0.15, 0.2) is 0 Å². The van der Waals surface area contributed by atoms with Crippen molar-refractivity contribution in [3.8, 4) is 0 Å². The van der Waals surface area contributed by atoms with Crippen LogP contribution in [0, 0.1) is 5.92 Å². The molecule has 0 fully saturated rings. The van der Waals surface area contributed by atoms with E-state index in [1.165, 1.54) is 0 Å². The van der Waals surface area contributed by atoms with Crippen molar-refractivity contribution >= 4 is 0 Å². The highest BCUT2D eigenvalue weighted by atomic mass is 15.1. The van der Waals surface area contributed by atoms with Gasteiger partial charge in [-0.25, -0.2) is 4.98 Å². The summed E-state index contributed by atoms with van der Waals surface area (Å²) >= 11 is 0. The Balaban J connectivity index is 2.90. The zero-order valence-corrected chi connectivity index (χ0v) is 8.70. The van der Waals surface area contributed by atoms with Crippen molar-refractivity contribution in [3.05, 3.63) is 18.2 Å². The van der Waals surface area contributed by atoms with E-state index in [-0.39, 0.29) is 0 Å². The Bertz CT molecular complexity index is 252. The maximum Gasteiger partial charge on any atom is 0.108 e. The van der Waals surface area contributed by atoms with Gasteiger partial charge in [0.25, 0.3) is 0 Å². The number of aromatic nitrogens is 2. The number of nitrogens with two attached hydrogens (primary N) is 1. The number of rotatable bonds is 4. The van der Waals surface area contributed by atoms with Crippen LogP contribution in [-0.4, -0.2) is 16.1 Å². The van der Waals surface area contributed by atoms with Gasteiger partial charge in [-0.1, -0.05) is 20.8 Å². The maximum absolute atomic E-state index is 5.74. The van der Waals surface area contributed by atoms with Gasteiger partial charge in [-0.15, -0.1) is 0 Å². The number of hydrogen-bond donors (Lipinski definition) is 1. The molecule has 1 aromatic rings. The summed E-state index contributed by atoms with van der Waals surface area (Å²) in [7, 11) is 0. The summed E-state index contributed by atoms with van der Waals surface area (Å²) in [5.41, 5.74) is 5.74. The lowest BCUT2D eigenvalue weighted by Gasteiger charge is -2.22. The zero-order chi connectivity index (χ0) is 9.84. The van der Waals surface area contributed by atoms with Gasteiger partial charge in [-0.2, -0.15) is 0 Å². The molecule has 1 unspecified atom stereocenters. The van der Waals surface area contributed by atoms with Crippen molar-refractivity contribution in [2.24, 2.45) is 11.7 Å². The van der Waals surface area contributed by atoms with Crippen LogP contribution in [-0.2, 0) is 6.42 Å². The molecule has 1 rings (SSSR count). The average Bonchev–Trinajstić information content (AvgIpc) is 2.53. The van der Waals surface area contributed by atoms with Crippen LogP contribution in [0.1, 0.15) is 32.6 Å². The highest BCUT2D eigenvalue weighted by molar-refractivity contribution is 4.95. The SMILES string of the molecule is CCc1nccn1C(CN)C(C)C. The Morgan fingerprint density at radius 2 is 2.23 bits per heavy atom. The molecule has 0 saturated carbocycles. The maximum atomic E-state index is 5.74. The summed E-state index contributed by atoms with van der Waals surface area (Å²) < 4.78 is 2.20. The van der Waals surface area contributed by atoms with E-state index in [0.29, 0.717) is 18.5 Å². The molecule has 0 spiro atoms. The molecule has 1 atom stereocenters. The number of nitrogens with zero attached hydrogens (tertiary/aromatic N) is 2. The molecule has 0 saturated heterocycles. The minimum Gasteiger partial charge on any atom is -0.330 e. The molecule has 1 heterocycles. The van der Waals surface area contributed by atoms with Crippen LogP contribution < -0.4 is 5.73 Å². The predicted octanol–water partition coefficient (Wildman–Crippen LogP) is 1.60. The van der Waals surface area contributed by atoms with Gasteiger partial charge in [-0.3, -0.25) is 0 Å². The first-order valence-electron chi connectivity index (χ1n) is 4.92. The van der Waals surface area contributed by atoms with Crippen molar-refractivity contribution in [1.82, 2.24) is 9.55 Å². The summed E-state index contributed by atoms with van der Waals surface area (Å²) in [6.07, 6.45) is 4.84. The molecule has 0 bridgehead atoms. The van der Waals surface area contributed by atoms with E-state index in [4.69, 9.17) is 5.73 Å². The first kappa shape index (κ1) is 10.3. The largest absolute Gasteiger partial charge is 0.330 e. The lowest BCUT2D eigenvalue weighted by Crippen LogP contribution is -2.25. The van der Waals surface area contributed by atoms with E-state index in [9.17, 15) is 0 Å². The van der Waals surface area contributed by atoms with Gasteiger partial charge in [0.2, 0.25) is 0 Å². The summed E-state index contributed by atoms with van der Waals surface area (Å²) in [5, 5.41) is 0. The summed E-state index contributed by atoms with van der Waals surface area (Å²) in [6, 6.07) is 0.387. The molecule has 0 radical (unpaired) electrons. The third kappa shape index (κ3) is 2.10. The van der Waals surface area contributed by atoms with E-state index >= 15 is 0 Å². The topological polar surface area (TPSA) is 43.8 Å². The second kappa shape index (κ2) is 4.42. The smallest absolute Gasteiger partial charge is 0.108 e. The standard InChI is InChI=1S/C10H19N3/c1-4-10-12-5-6-13(10)9(7-11)8(2)3/h5-6,8-9H,4,7,11H2,1-3H3. The Morgan fingerprint density at radius 1 is 1.54 bits per heavy atom. The van der Waals surface area contributed by atoms with Gasteiger partial charge in [0.05, 0.1) is 0 Å². The van der Waals surface area contributed by atoms with Gasteiger partial charge >= 0.3 is 0 Å². The van der Waals surface area contributed by atoms with Crippen LogP contribution in [0.5, 0.6) is 0 Å². The van der Waals surface area contributed by atoms with E-state index in [1.54, 1.807) is 0 Å². The van der Waals surface area contributed by atoms with Crippen LogP contribution in [0.15, 0.2) is 12.4 Å². The van der Waals surface area contributed by atoms with Crippen LogP contribution in [0.25, 0.3) is 0 Å². The van der Waals surface area contributed by atoms with Crippen LogP contribution in [0.3, 0.4) is 0 Å². The molecular formula is C10H19N3. The minimum absolute atomic E-state index is 0.387. The second-order valence-corrected chi connectivity index (χ2v) is 3.65. The fraction of sp³-hybridized carbons (Fsp3) is 0.700. The van der Waals surface area contributed by atoms with Crippen LogP contribution >= 0.6 is 0 Å². The molecule has 0 aliphatic rings. The molecular weight excluding hydrogens is 162 g/mol. The van der Waals surface area contributed by atoms with E-state index in [2.05, 4.69) is 30.3 Å². The molecule has 1 aromatic heterocycles. The second-order valence-electron chi connectivity index (χ2n) is 3.65. The summed E-state index contributed by atoms with van der Waals surface area (Å²) in [5.74, 6) is 1.69. The molecule has 74 valence electrons. The molecule has 0 amide bonds. The van der Waals surface area contributed by atoms with E-state index in [0.717, 1.165) is 12.2 Å². The molecule has 0 aromatic carbocycles. The van der Waals surface area contributed by atoms with Gasteiger partial charge in [-0.05, 0) is 5.92 Å². The van der Waals surface area contributed by atoms with Crippen molar-refractivity contribution in [3.63, 3.8) is 0 Å². The molecule has 13 heavy (non-hydrogen) atoms. The highest BCUT2D eigenvalue weighted by Crippen LogP contribution is 2.17. The Hall–Kier alpha value is -0.830. The molecule has 3 heteroatoms. The summed E-state index contributed by atoms with van der Waals surface area (Å²) in [4.78, 5) is 4.29. The first-order valence-corrected chi connectivity index (χ1v) is 4.92. The highest BCUT2D eigenvalue weighted by Gasteiger charge is 2.15. The van der Waals surface area contributed by atoms with Gasteiger partial charge in [0, 0.05) is 31.4 Å². The van der Waals surface area contributed by atoms with Crippen molar-refractivity contribution < 1.29 is 0 Å². The quantitative estimate of drug-likeness (QED) is 0.766. The van der Waals surface area contributed by atoms with Crippen LogP contribution in [0.4, 0.5) is 0 Å². The van der Waals surface area contributed by atoms with E-state index < -0.39 is 0 Å². The minimum atomic E-state index is 0.387. The molecule has 0 aliphatic heterocycles. The lowest BCUT2D eigenvalue weighted by atomic mass is 10.0.